The predicted molar refractivity (Wildman–Crippen MR) is 86.0 cm³/mol. The van der Waals surface area contributed by atoms with E-state index in [1.807, 2.05) is 24.3 Å². The second-order valence-electron chi connectivity index (χ2n) is 5.02. The van der Waals surface area contributed by atoms with E-state index >= 15 is 0 Å². The van der Waals surface area contributed by atoms with Gasteiger partial charge in [-0.25, -0.2) is 0 Å². The Morgan fingerprint density at radius 3 is 2.33 bits per heavy atom. The monoisotopic (exact) mass is 298 g/mol. The lowest BCUT2D eigenvalue weighted by Gasteiger charge is -2.02. The van der Waals surface area contributed by atoms with Crippen molar-refractivity contribution in [3.05, 3.63) is 58.6 Å². The van der Waals surface area contributed by atoms with Gasteiger partial charge in [-0.2, -0.15) is 4.98 Å². The molecule has 1 heterocycles. The van der Waals surface area contributed by atoms with Gasteiger partial charge in [-0.1, -0.05) is 28.8 Å². The number of aromatic nitrogens is 3. The number of nitrogens with zero attached hydrogens (tertiary/aromatic N) is 2. The fourth-order valence-electron chi connectivity index (χ4n) is 2.22. The van der Waals surface area contributed by atoms with Crippen LogP contribution < -0.4 is 5.32 Å². The lowest BCUT2D eigenvalue weighted by molar-refractivity contribution is 1.10. The van der Waals surface area contributed by atoms with Gasteiger partial charge in [0, 0.05) is 16.3 Å². The van der Waals surface area contributed by atoms with Crippen LogP contribution in [0, 0.1) is 13.8 Å². The zero-order valence-corrected chi connectivity index (χ0v) is 12.6. The number of aryl methyl sites for hydroxylation is 2. The second-order valence-corrected chi connectivity index (χ2v) is 5.45. The van der Waals surface area contributed by atoms with Gasteiger partial charge in [0.15, 0.2) is 5.82 Å². The molecular formula is C16H15ClN4. The first-order valence-electron chi connectivity index (χ1n) is 6.64. The summed E-state index contributed by atoms with van der Waals surface area (Å²) in [5.41, 5.74) is 4.33. The van der Waals surface area contributed by atoms with E-state index in [4.69, 9.17) is 11.6 Å². The summed E-state index contributed by atoms with van der Waals surface area (Å²) in [6, 6.07) is 13.7. The van der Waals surface area contributed by atoms with Gasteiger partial charge in [0.05, 0.1) is 0 Å². The molecule has 0 fully saturated rings. The molecule has 4 nitrogen and oxygen atoms in total. The summed E-state index contributed by atoms with van der Waals surface area (Å²) in [5.74, 6) is 1.28. The van der Waals surface area contributed by atoms with Gasteiger partial charge in [0.2, 0.25) is 5.95 Å². The van der Waals surface area contributed by atoms with E-state index in [9.17, 15) is 0 Å². The van der Waals surface area contributed by atoms with Crippen molar-refractivity contribution in [2.45, 2.75) is 13.8 Å². The van der Waals surface area contributed by atoms with Crippen LogP contribution in [0.3, 0.4) is 0 Å². The van der Waals surface area contributed by atoms with Gasteiger partial charge in [-0.15, -0.1) is 5.10 Å². The molecule has 3 aromatic rings. The number of H-pyrrole nitrogens is 1. The maximum atomic E-state index is 5.86. The Labute approximate surface area is 128 Å². The lowest BCUT2D eigenvalue weighted by Crippen LogP contribution is -1.91. The van der Waals surface area contributed by atoms with E-state index in [0.717, 1.165) is 17.1 Å². The van der Waals surface area contributed by atoms with Crippen LogP contribution in [0.4, 0.5) is 11.6 Å². The summed E-state index contributed by atoms with van der Waals surface area (Å²) in [6.07, 6.45) is 0. The molecule has 0 aliphatic rings. The summed E-state index contributed by atoms with van der Waals surface area (Å²) < 4.78 is 0. The Bertz CT molecular complexity index is 742. The number of aromatic amines is 1. The lowest BCUT2D eigenvalue weighted by atomic mass is 10.1. The number of nitrogens with one attached hydrogen (secondary N) is 2. The number of hydrogen-bond acceptors (Lipinski definition) is 3. The molecule has 106 valence electrons. The first-order valence-corrected chi connectivity index (χ1v) is 7.01. The summed E-state index contributed by atoms with van der Waals surface area (Å²) in [5, 5.41) is 11.0. The summed E-state index contributed by atoms with van der Waals surface area (Å²) in [6.45, 7) is 4.14. The van der Waals surface area contributed by atoms with Crippen molar-refractivity contribution in [3.8, 4) is 11.4 Å². The van der Waals surface area contributed by atoms with Gasteiger partial charge >= 0.3 is 0 Å². The minimum atomic E-state index is 0.534. The van der Waals surface area contributed by atoms with E-state index in [1.165, 1.54) is 11.1 Å². The number of rotatable bonds is 3. The van der Waals surface area contributed by atoms with Gasteiger partial charge in [0.1, 0.15) is 0 Å². The number of anilines is 2. The number of halogens is 1. The minimum absolute atomic E-state index is 0.534. The molecule has 0 saturated heterocycles. The highest BCUT2D eigenvalue weighted by Crippen LogP contribution is 2.21. The highest BCUT2D eigenvalue weighted by Gasteiger charge is 2.07. The van der Waals surface area contributed by atoms with E-state index < -0.39 is 0 Å². The van der Waals surface area contributed by atoms with Crippen molar-refractivity contribution in [1.29, 1.82) is 0 Å². The van der Waals surface area contributed by atoms with Crippen molar-refractivity contribution in [2.24, 2.45) is 0 Å². The molecule has 0 unspecified atom stereocenters. The molecule has 0 amide bonds. The maximum Gasteiger partial charge on any atom is 0.246 e. The molecular weight excluding hydrogens is 284 g/mol. The largest absolute Gasteiger partial charge is 0.323 e. The molecule has 0 aliphatic heterocycles. The van der Waals surface area contributed by atoms with E-state index in [2.05, 4.69) is 52.5 Å². The predicted octanol–water partition coefficient (Wildman–Crippen LogP) is 4.49. The summed E-state index contributed by atoms with van der Waals surface area (Å²) in [7, 11) is 0. The third-order valence-electron chi connectivity index (χ3n) is 3.08. The highest BCUT2D eigenvalue weighted by atomic mass is 35.5. The third kappa shape index (κ3) is 3.23. The molecule has 0 atom stereocenters. The Morgan fingerprint density at radius 1 is 1.00 bits per heavy atom. The average molecular weight is 299 g/mol. The normalized spacial score (nSPS) is 10.6. The van der Waals surface area contributed by atoms with E-state index in [-0.39, 0.29) is 0 Å². The average Bonchev–Trinajstić information content (AvgIpc) is 2.89. The fraction of sp³-hybridized carbons (Fsp3) is 0.125. The van der Waals surface area contributed by atoms with Crippen molar-refractivity contribution in [3.63, 3.8) is 0 Å². The standard InChI is InChI=1S/C16H15ClN4/c1-10-7-11(2)9-12(8-10)15-19-16(21-20-15)18-14-5-3-13(17)4-6-14/h3-9H,1-2H3,(H2,18,19,20,21). The molecule has 21 heavy (non-hydrogen) atoms. The first-order chi connectivity index (χ1) is 10.1. The fourth-order valence-corrected chi connectivity index (χ4v) is 2.35. The van der Waals surface area contributed by atoms with Crippen LogP contribution in [0.2, 0.25) is 5.02 Å². The van der Waals surface area contributed by atoms with Crippen LogP contribution in [0.1, 0.15) is 11.1 Å². The second kappa shape index (κ2) is 5.58. The molecule has 2 N–H and O–H groups in total. The van der Waals surface area contributed by atoms with E-state index in [0.29, 0.717) is 11.0 Å². The smallest absolute Gasteiger partial charge is 0.246 e. The molecule has 5 heteroatoms. The Balaban J connectivity index is 1.84. The van der Waals surface area contributed by atoms with Crippen LogP contribution >= 0.6 is 11.6 Å². The van der Waals surface area contributed by atoms with Crippen molar-refractivity contribution < 1.29 is 0 Å². The molecule has 0 saturated carbocycles. The highest BCUT2D eigenvalue weighted by molar-refractivity contribution is 6.30. The van der Waals surface area contributed by atoms with Gasteiger partial charge < -0.3 is 5.32 Å². The van der Waals surface area contributed by atoms with Gasteiger partial charge in [0.25, 0.3) is 0 Å². The third-order valence-corrected chi connectivity index (χ3v) is 3.33. The van der Waals surface area contributed by atoms with Crippen LogP contribution in [-0.2, 0) is 0 Å². The van der Waals surface area contributed by atoms with Gasteiger partial charge in [-0.05, 0) is 50.2 Å². The number of hydrogen-bond donors (Lipinski definition) is 2. The van der Waals surface area contributed by atoms with Crippen LogP contribution in [0.15, 0.2) is 42.5 Å². The number of benzene rings is 2. The van der Waals surface area contributed by atoms with Crippen molar-refractivity contribution >= 4 is 23.2 Å². The van der Waals surface area contributed by atoms with E-state index in [1.54, 1.807) is 0 Å². The summed E-state index contributed by atoms with van der Waals surface area (Å²) >= 11 is 5.86. The van der Waals surface area contributed by atoms with Crippen molar-refractivity contribution in [2.75, 3.05) is 5.32 Å². The quantitative estimate of drug-likeness (QED) is 0.749. The molecule has 0 bridgehead atoms. The maximum absolute atomic E-state index is 5.86. The minimum Gasteiger partial charge on any atom is -0.323 e. The van der Waals surface area contributed by atoms with Crippen molar-refractivity contribution in [1.82, 2.24) is 15.2 Å². The Hall–Kier alpha value is -2.33. The molecule has 0 radical (unpaired) electrons. The molecule has 1 aromatic heterocycles. The van der Waals surface area contributed by atoms with Gasteiger partial charge in [-0.3, -0.25) is 5.10 Å². The molecule has 0 spiro atoms. The molecule has 3 rings (SSSR count). The SMILES string of the molecule is Cc1cc(C)cc(-c2nc(Nc3ccc(Cl)cc3)n[nH]2)c1. The van der Waals surface area contributed by atoms with Crippen LogP contribution in [-0.4, -0.2) is 15.2 Å². The topological polar surface area (TPSA) is 53.6 Å². The summed E-state index contributed by atoms with van der Waals surface area (Å²) in [4.78, 5) is 4.47. The Morgan fingerprint density at radius 2 is 1.67 bits per heavy atom. The molecule has 0 aliphatic carbocycles. The first kappa shape index (κ1) is 13.6. The zero-order chi connectivity index (χ0) is 14.8. The zero-order valence-electron chi connectivity index (χ0n) is 11.8. The van der Waals surface area contributed by atoms with Crippen LogP contribution in [0.25, 0.3) is 11.4 Å². The Kier molecular flexibility index (Phi) is 3.62. The van der Waals surface area contributed by atoms with Crippen LogP contribution in [0.5, 0.6) is 0 Å². The molecule has 2 aromatic carbocycles.